The van der Waals surface area contributed by atoms with Crippen LogP contribution in [0.1, 0.15) is 6.92 Å². The minimum absolute atomic E-state index is 0.786. The third-order valence-electron chi connectivity index (χ3n) is 10.7. The summed E-state index contributed by atoms with van der Waals surface area (Å²) in [5.41, 5.74) is 0. The average molecular weight is 870 g/mol. The van der Waals surface area contributed by atoms with E-state index in [1.165, 1.54) is 0 Å². The van der Waals surface area contributed by atoms with Crippen molar-refractivity contribution in [1.82, 2.24) is 5.32 Å². The van der Waals surface area contributed by atoms with Crippen LogP contribution in [0.15, 0.2) is 0 Å². The molecular weight excluding hydrogens is 814 g/mol. The molecule has 0 radical (unpaired) electrons. The van der Waals surface area contributed by atoms with Gasteiger partial charge >= 0.3 is 0 Å². The Labute approximate surface area is 333 Å². The molecule has 344 valence electrons. The van der Waals surface area contributed by atoms with Crippen LogP contribution < -0.4 is 5.32 Å². The molecule has 27 heteroatoms. The second kappa shape index (κ2) is 20.8. The summed E-state index contributed by atoms with van der Waals surface area (Å²) in [6, 6.07) is -1.63. The predicted octanol–water partition coefficient (Wildman–Crippen LogP) is -11.8. The van der Waals surface area contributed by atoms with Crippen LogP contribution in [0, 0.1) is 0 Å². The van der Waals surface area contributed by atoms with E-state index in [1.807, 2.05) is 0 Å². The van der Waals surface area contributed by atoms with E-state index in [4.69, 9.17) is 42.6 Å². The lowest BCUT2D eigenvalue weighted by atomic mass is 9.94. The van der Waals surface area contributed by atoms with Gasteiger partial charge < -0.3 is 130 Å². The summed E-state index contributed by atoms with van der Waals surface area (Å²) >= 11 is 0. The number of carbonyl (C=O) groups is 1. The third-order valence-corrected chi connectivity index (χ3v) is 10.7. The lowest BCUT2D eigenvalue weighted by Crippen LogP contribution is -2.70. The van der Waals surface area contributed by atoms with Crippen LogP contribution in [-0.2, 0) is 47.4 Å². The first-order chi connectivity index (χ1) is 27.9. The molecule has 5 aliphatic heterocycles. The molecule has 5 aliphatic rings. The quantitative estimate of drug-likeness (QED) is 0.0770. The molecule has 1 amide bonds. The van der Waals surface area contributed by atoms with E-state index >= 15 is 0 Å². The number of aliphatic hydroxyl groups excluding tert-OH is 16. The van der Waals surface area contributed by atoms with Gasteiger partial charge in [-0.3, -0.25) is 4.79 Å². The highest BCUT2D eigenvalue weighted by molar-refractivity contribution is 5.73. The molecule has 59 heavy (non-hydrogen) atoms. The Morgan fingerprint density at radius 2 is 0.746 bits per heavy atom. The molecule has 5 fully saturated rings. The summed E-state index contributed by atoms with van der Waals surface area (Å²) in [5.74, 6) is -0.786. The Morgan fingerprint density at radius 3 is 1.19 bits per heavy atom. The summed E-state index contributed by atoms with van der Waals surface area (Å²) in [6.45, 7) is -3.53. The van der Waals surface area contributed by atoms with Gasteiger partial charge in [0.05, 0.1) is 33.0 Å². The Balaban J connectivity index is 1.31. The highest BCUT2D eigenvalue weighted by Crippen LogP contribution is 2.35. The first kappa shape index (κ1) is 48.5. The Hall–Kier alpha value is -1.53. The molecule has 5 heterocycles. The van der Waals surface area contributed by atoms with Gasteiger partial charge in [0.15, 0.2) is 31.5 Å². The van der Waals surface area contributed by atoms with E-state index in [9.17, 15) is 86.5 Å². The molecule has 0 aromatic rings. The van der Waals surface area contributed by atoms with E-state index in [2.05, 4.69) is 5.32 Å². The lowest BCUT2D eigenvalue weighted by molar-refractivity contribution is -0.387. The fraction of sp³-hybridized carbons (Fsp3) is 0.969. The van der Waals surface area contributed by atoms with Crippen molar-refractivity contribution in [2.75, 3.05) is 33.0 Å². The minimum atomic E-state index is -2.14. The average Bonchev–Trinajstić information content (AvgIpc) is 3.21. The van der Waals surface area contributed by atoms with Crippen molar-refractivity contribution in [2.45, 2.75) is 160 Å². The van der Waals surface area contributed by atoms with Crippen molar-refractivity contribution in [3.8, 4) is 0 Å². The molecule has 0 aliphatic carbocycles. The molecule has 27 nitrogen and oxygen atoms in total. The second-order valence-corrected chi connectivity index (χ2v) is 14.7. The molecule has 17 N–H and O–H groups in total. The summed E-state index contributed by atoms with van der Waals surface area (Å²) in [7, 11) is 0. The van der Waals surface area contributed by atoms with Crippen LogP contribution in [0.2, 0.25) is 0 Å². The number of hydrogen-bond acceptors (Lipinski definition) is 26. The number of amides is 1. The van der Waals surface area contributed by atoms with Crippen molar-refractivity contribution in [3.05, 3.63) is 0 Å². The molecule has 0 aromatic heterocycles. The largest absolute Gasteiger partial charge is 0.394 e. The van der Waals surface area contributed by atoms with Gasteiger partial charge in [-0.15, -0.1) is 0 Å². The van der Waals surface area contributed by atoms with Gasteiger partial charge in [0.2, 0.25) is 5.91 Å². The van der Waals surface area contributed by atoms with E-state index < -0.39 is 192 Å². The standard InChI is InChI=1S/C32H55NO26/c1-7(39)33-13-27(59-30-21(47)16(42)14(40)8(2-34)53-30)15(41)9(3-35)52-29(13)56-25-11(5-37)54-32(22(48)18(25)44)58-26-12(6-38)55-31(23(49)19(26)45)57-24-10(4-36)51-28(50)20(46)17(24)43/h8-32,34-38,40-50H,2-6H2,1H3,(H,33,39)/t8-,9-,10-,11-,12-,13-,14+,15+,16+,17-,18-,19-,20-,21-,22-,23-,24-,25+,26+,27-,28-,29+,30+,31+,32-/m1/s1. The fourth-order valence-corrected chi connectivity index (χ4v) is 7.43. The molecule has 25 atom stereocenters. The molecule has 0 aromatic carbocycles. The van der Waals surface area contributed by atoms with Crippen molar-refractivity contribution in [2.24, 2.45) is 0 Å². The minimum Gasteiger partial charge on any atom is -0.394 e. The maximum atomic E-state index is 12.4. The number of nitrogens with one attached hydrogen (secondary N) is 1. The zero-order valence-corrected chi connectivity index (χ0v) is 31.2. The highest BCUT2D eigenvalue weighted by atomic mass is 16.8. The first-order valence-electron chi connectivity index (χ1n) is 18.6. The monoisotopic (exact) mass is 869 g/mol. The molecule has 0 saturated carbocycles. The third kappa shape index (κ3) is 10.2. The smallest absolute Gasteiger partial charge is 0.217 e. The summed E-state index contributed by atoms with van der Waals surface area (Å²) in [4.78, 5) is 12.4. The fourth-order valence-electron chi connectivity index (χ4n) is 7.43. The zero-order chi connectivity index (χ0) is 43.6. The van der Waals surface area contributed by atoms with Crippen molar-refractivity contribution >= 4 is 5.91 Å². The van der Waals surface area contributed by atoms with E-state index in [-0.39, 0.29) is 0 Å². The van der Waals surface area contributed by atoms with Crippen LogP contribution >= 0.6 is 0 Å². The molecule has 0 spiro atoms. The highest BCUT2D eigenvalue weighted by Gasteiger charge is 2.56. The Kier molecular flexibility index (Phi) is 17.1. The maximum Gasteiger partial charge on any atom is 0.217 e. The number of rotatable bonds is 14. The molecular formula is C32H55NO26. The summed E-state index contributed by atoms with van der Waals surface area (Å²) in [6.07, 6.45) is -44.0. The van der Waals surface area contributed by atoms with Gasteiger partial charge in [-0.1, -0.05) is 0 Å². The van der Waals surface area contributed by atoms with Gasteiger partial charge in [-0.25, -0.2) is 0 Å². The molecule has 0 bridgehead atoms. The summed E-state index contributed by atoms with van der Waals surface area (Å²) < 4.78 is 50.1. The number of ether oxygens (including phenoxy) is 9. The number of aliphatic hydroxyl groups is 16. The first-order valence-corrected chi connectivity index (χ1v) is 18.6. The normalized spacial score (nSPS) is 51.0. The predicted molar refractivity (Wildman–Crippen MR) is 178 cm³/mol. The lowest BCUT2D eigenvalue weighted by Gasteiger charge is -2.50. The topological polar surface area (TPSA) is 436 Å². The van der Waals surface area contributed by atoms with Crippen molar-refractivity contribution in [3.63, 3.8) is 0 Å². The molecule has 5 rings (SSSR count). The summed E-state index contributed by atoms with van der Waals surface area (Å²) in [5, 5.41) is 169. The van der Waals surface area contributed by atoms with E-state index in [0.717, 1.165) is 6.92 Å². The van der Waals surface area contributed by atoms with Gasteiger partial charge in [0.25, 0.3) is 0 Å². The van der Waals surface area contributed by atoms with Crippen molar-refractivity contribution in [1.29, 1.82) is 0 Å². The van der Waals surface area contributed by atoms with Crippen LogP contribution in [0.25, 0.3) is 0 Å². The molecule has 0 unspecified atom stereocenters. The second-order valence-electron chi connectivity index (χ2n) is 14.7. The Morgan fingerprint density at radius 1 is 0.407 bits per heavy atom. The van der Waals surface area contributed by atoms with Gasteiger partial charge in [-0.2, -0.15) is 0 Å². The van der Waals surface area contributed by atoms with Gasteiger partial charge in [0.1, 0.15) is 122 Å². The van der Waals surface area contributed by atoms with Crippen LogP contribution in [-0.4, -0.2) is 274 Å². The number of carbonyl (C=O) groups excluding carboxylic acids is 1. The van der Waals surface area contributed by atoms with Crippen LogP contribution in [0.4, 0.5) is 0 Å². The van der Waals surface area contributed by atoms with Crippen LogP contribution in [0.5, 0.6) is 0 Å². The zero-order valence-electron chi connectivity index (χ0n) is 31.2. The van der Waals surface area contributed by atoms with E-state index in [0.29, 0.717) is 0 Å². The SMILES string of the molecule is CC(=O)N[C@H]1[C@H](O[C@@H]2[C@H](O)[C@@H](O)[C@@H](O[C@@H]3[C@H](O)[C@@H](O)[C@H](O[C@H]4[C@H](O)[C@@H](O)[C@H](O)O[C@@H]4CO)O[C@@H]3CO)O[C@@H]2CO)O[C@H](CO)[C@H](O)[C@@H]1O[C@@H]1O[C@H](CO)[C@H](O)[C@H](O)[C@H]1O. The maximum absolute atomic E-state index is 12.4. The van der Waals surface area contributed by atoms with Gasteiger partial charge in [-0.05, 0) is 0 Å². The van der Waals surface area contributed by atoms with E-state index in [1.54, 1.807) is 0 Å². The molecule has 5 saturated heterocycles. The van der Waals surface area contributed by atoms with Crippen LogP contribution in [0.3, 0.4) is 0 Å². The van der Waals surface area contributed by atoms with Gasteiger partial charge in [0, 0.05) is 6.92 Å². The number of hydrogen-bond donors (Lipinski definition) is 17. The van der Waals surface area contributed by atoms with Crippen molar-refractivity contribution < 1.29 is 129 Å². The Bertz CT molecular complexity index is 1320.